The fourth-order valence-corrected chi connectivity index (χ4v) is 2.00. The number of hydrogen-bond acceptors (Lipinski definition) is 3. The van der Waals surface area contributed by atoms with Crippen LogP contribution in [0.2, 0.25) is 0 Å². The number of aromatic nitrogens is 1. The third-order valence-corrected chi connectivity index (χ3v) is 3.22. The van der Waals surface area contributed by atoms with Crippen LogP contribution in [0, 0.1) is 0 Å². The first-order valence-electron chi connectivity index (χ1n) is 7.34. The monoisotopic (exact) mass is 296 g/mol. The van der Waals surface area contributed by atoms with Gasteiger partial charge in [0.15, 0.2) is 0 Å². The zero-order chi connectivity index (χ0) is 15.8. The van der Waals surface area contributed by atoms with Crippen molar-refractivity contribution in [2.24, 2.45) is 10.1 Å². The molecule has 0 radical (unpaired) electrons. The molecular formula is C17H20N4O. The lowest BCUT2D eigenvalue weighted by atomic mass is 10.2. The number of H-pyrrole nitrogens is 1. The van der Waals surface area contributed by atoms with E-state index in [0.717, 1.165) is 29.4 Å². The lowest BCUT2D eigenvalue weighted by Crippen LogP contribution is -2.17. The Morgan fingerprint density at radius 2 is 2.14 bits per heavy atom. The summed E-state index contributed by atoms with van der Waals surface area (Å²) in [6, 6.07) is 7.67. The Balaban J connectivity index is 2.04. The second-order valence-corrected chi connectivity index (χ2v) is 4.69. The van der Waals surface area contributed by atoms with E-state index in [-0.39, 0.29) is 5.91 Å². The van der Waals surface area contributed by atoms with Crippen molar-refractivity contribution >= 4 is 29.2 Å². The number of aromatic amines is 1. The summed E-state index contributed by atoms with van der Waals surface area (Å²) in [4.78, 5) is 19.4. The van der Waals surface area contributed by atoms with Gasteiger partial charge in [-0.2, -0.15) is 5.10 Å². The highest BCUT2D eigenvalue weighted by molar-refractivity contribution is 6.06. The number of carbonyl (C=O) groups is 1. The van der Waals surface area contributed by atoms with E-state index in [0.29, 0.717) is 5.56 Å². The molecule has 114 valence electrons. The standard InChI is InChI=1S/C17H20N4O/c1-3-13(9-10-18-4-2)11-20-21-17(22)15-12-19-16-8-6-5-7-14(15)16/h5-12,19H,3-4H2,1-2H3,(H,21,22)/b13-9+,18-10?,20-11+. The van der Waals surface area contributed by atoms with Crippen molar-refractivity contribution < 1.29 is 4.79 Å². The number of nitrogens with one attached hydrogen (secondary N) is 2. The average molecular weight is 296 g/mol. The minimum atomic E-state index is -0.230. The van der Waals surface area contributed by atoms with Crippen molar-refractivity contribution in [1.82, 2.24) is 10.4 Å². The number of fused-ring (bicyclic) bond motifs is 1. The van der Waals surface area contributed by atoms with E-state index in [1.807, 2.05) is 44.2 Å². The maximum Gasteiger partial charge on any atom is 0.273 e. The van der Waals surface area contributed by atoms with Crippen molar-refractivity contribution in [3.8, 4) is 0 Å². The van der Waals surface area contributed by atoms with Crippen molar-refractivity contribution in [2.45, 2.75) is 20.3 Å². The van der Waals surface area contributed by atoms with E-state index in [1.165, 1.54) is 0 Å². The molecule has 0 saturated carbocycles. The lowest BCUT2D eigenvalue weighted by molar-refractivity contribution is 0.0957. The van der Waals surface area contributed by atoms with Crippen LogP contribution in [-0.4, -0.2) is 29.9 Å². The summed E-state index contributed by atoms with van der Waals surface area (Å²) in [5, 5.41) is 4.90. The van der Waals surface area contributed by atoms with Crippen LogP contribution in [0.15, 0.2) is 52.2 Å². The van der Waals surface area contributed by atoms with Crippen LogP contribution in [0.5, 0.6) is 0 Å². The first-order valence-corrected chi connectivity index (χ1v) is 7.34. The molecular weight excluding hydrogens is 276 g/mol. The highest BCUT2D eigenvalue weighted by Crippen LogP contribution is 2.17. The smallest absolute Gasteiger partial charge is 0.273 e. The van der Waals surface area contributed by atoms with E-state index in [9.17, 15) is 4.79 Å². The number of benzene rings is 1. The quantitative estimate of drug-likeness (QED) is 0.623. The Kier molecular flexibility index (Phi) is 5.65. The summed E-state index contributed by atoms with van der Waals surface area (Å²) in [6.07, 6.45) is 7.81. The van der Waals surface area contributed by atoms with Crippen LogP contribution in [-0.2, 0) is 0 Å². The molecule has 0 spiro atoms. The largest absolute Gasteiger partial charge is 0.360 e. The highest BCUT2D eigenvalue weighted by Gasteiger charge is 2.10. The molecule has 22 heavy (non-hydrogen) atoms. The van der Waals surface area contributed by atoms with Crippen LogP contribution in [0.25, 0.3) is 10.9 Å². The normalized spacial score (nSPS) is 12.5. The Morgan fingerprint density at radius 3 is 2.91 bits per heavy atom. The molecule has 0 aliphatic heterocycles. The lowest BCUT2D eigenvalue weighted by Gasteiger charge is -1.99. The zero-order valence-corrected chi connectivity index (χ0v) is 12.8. The fraction of sp³-hybridized carbons (Fsp3) is 0.235. The Morgan fingerprint density at radius 1 is 1.32 bits per heavy atom. The maximum atomic E-state index is 12.2. The van der Waals surface area contributed by atoms with Gasteiger partial charge in [0.2, 0.25) is 0 Å². The fourth-order valence-electron chi connectivity index (χ4n) is 2.00. The van der Waals surface area contributed by atoms with Gasteiger partial charge in [0.25, 0.3) is 5.91 Å². The van der Waals surface area contributed by atoms with Gasteiger partial charge in [0.1, 0.15) is 0 Å². The molecule has 1 amide bonds. The van der Waals surface area contributed by atoms with Crippen LogP contribution < -0.4 is 5.43 Å². The Bertz CT molecular complexity index is 725. The van der Waals surface area contributed by atoms with Crippen molar-refractivity contribution in [3.05, 3.63) is 47.7 Å². The molecule has 0 fully saturated rings. The molecule has 1 aromatic heterocycles. The second-order valence-electron chi connectivity index (χ2n) is 4.69. The van der Waals surface area contributed by atoms with E-state index < -0.39 is 0 Å². The molecule has 0 unspecified atom stereocenters. The minimum Gasteiger partial charge on any atom is -0.360 e. The van der Waals surface area contributed by atoms with E-state index in [2.05, 4.69) is 20.5 Å². The molecule has 2 aromatic rings. The van der Waals surface area contributed by atoms with Crippen molar-refractivity contribution in [1.29, 1.82) is 0 Å². The average Bonchev–Trinajstić information content (AvgIpc) is 2.97. The first-order chi connectivity index (χ1) is 10.8. The van der Waals surface area contributed by atoms with Gasteiger partial charge in [-0.15, -0.1) is 0 Å². The van der Waals surface area contributed by atoms with Gasteiger partial charge in [-0.3, -0.25) is 9.79 Å². The second kappa shape index (κ2) is 7.93. The molecule has 0 aliphatic carbocycles. The van der Waals surface area contributed by atoms with Gasteiger partial charge in [-0.25, -0.2) is 5.43 Å². The summed E-state index contributed by atoms with van der Waals surface area (Å²) in [7, 11) is 0. The number of para-hydroxylation sites is 1. The molecule has 0 saturated heterocycles. The number of carbonyl (C=O) groups excluding carboxylic acids is 1. The van der Waals surface area contributed by atoms with Crippen LogP contribution in [0.1, 0.15) is 30.6 Å². The van der Waals surface area contributed by atoms with Gasteiger partial charge in [-0.1, -0.05) is 25.1 Å². The molecule has 2 rings (SSSR count). The molecule has 0 bridgehead atoms. The van der Waals surface area contributed by atoms with Gasteiger partial charge >= 0.3 is 0 Å². The summed E-state index contributed by atoms with van der Waals surface area (Å²) < 4.78 is 0. The number of hydrogen-bond donors (Lipinski definition) is 2. The number of hydrazone groups is 1. The summed E-state index contributed by atoms with van der Waals surface area (Å²) in [6.45, 7) is 4.76. The van der Waals surface area contributed by atoms with Gasteiger partial charge in [-0.05, 0) is 31.1 Å². The predicted octanol–water partition coefficient (Wildman–Crippen LogP) is 3.31. The third-order valence-electron chi connectivity index (χ3n) is 3.22. The summed E-state index contributed by atoms with van der Waals surface area (Å²) in [5.41, 5.74) is 5.07. The predicted molar refractivity (Wildman–Crippen MR) is 91.7 cm³/mol. The first kappa shape index (κ1) is 15.7. The van der Waals surface area contributed by atoms with E-state index >= 15 is 0 Å². The molecule has 2 N–H and O–H groups in total. The van der Waals surface area contributed by atoms with Crippen molar-refractivity contribution in [3.63, 3.8) is 0 Å². The molecule has 5 nitrogen and oxygen atoms in total. The maximum absolute atomic E-state index is 12.2. The number of nitrogens with zero attached hydrogens (tertiary/aromatic N) is 2. The summed E-state index contributed by atoms with van der Waals surface area (Å²) in [5.74, 6) is -0.230. The molecule has 1 heterocycles. The van der Waals surface area contributed by atoms with E-state index in [1.54, 1.807) is 18.6 Å². The molecule has 1 aromatic carbocycles. The topological polar surface area (TPSA) is 69.6 Å². The van der Waals surface area contributed by atoms with Gasteiger partial charge in [0, 0.05) is 29.9 Å². The van der Waals surface area contributed by atoms with Crippen LogP contribution in [0.4, 0.5) is 0 Å². The SMILES string of the molecule is CCN=C/C=C(/C=N/NC(=O)c1c[nH]c2ccccc12)CC. The molecule has 0 atom stereocenters. The number of amides is 1. The van der Waals surface area contributed by atoms with Crippen LogP contribution >= 0.6 is 0 Å². The zero-order valence-electron chi connectivity index (χ0n) is 12.8. The van der Waals surface area contributed by atoms with Crippen LogP contribution in [0.3, 0.4) is 0 Å². The minimum absolute atomic E-state index is 0.230. The number of rotatable bonds is 6. The number of allylic oxidation sites excluding steroid dienone is 2. The Labute approximate surface area is 129 Å². The highest BCUT2D eigenvalue weighted by atomic mass is 16.2. The van der Waals surface area contributed by atoms with Crippen molar-refractivity contribution in [2.75, 3.05) is 6.54 Å². The van der Waals surface area contributed by atoms with E-state index in [4.69, 9.17) is 0 Å². The molecule has 5 heteroatoms. The van der Waals surface area contributed by atoms with Gasteiger partial charge < -0.3 is 4.98 Å². The third kappa shape index (κ3) is 3.91. The molecule has 0 aliphatic rings. The summed E-state index contributed by atoms with van der Waals surface area (Å²) >= 11 is 0. The number of aliphatic imine (C=N–C) groups is 1. The Hall–Kier alpha value is -2.69. The van der Waals surface area contributed by atoms with Gasteiger partial charge in [0.05, 0.1) is 11.8 Å².